The number of pyridine rings is 1. The Bertz CT molecular complexity index is 483. The van der Waals surface area contributed by atoms with Gasteiger partial charge in [-0.15, -0.1) is 0 Å². The third kappa shape index (κ3) is 3.41. The summed E-state index contributed by atoms with van der Waals surface area (Å²) in [7, 11) is 0. The van der Waals surface area contributed by atoms with Crippen LogP contribution in [0.15, 0.2) is 30.5 Å². The van der Waals surface area contributed by atoms with Crippen molar-refractivity contribution in [3.63, 3.8) is 0 Å². The maximum atomic E-state index is 11.7. The quantitative estimate of drug-likeness (QED) is 0.735. The van der Waals surface area contributed by atoms with E-state index in [1.165, 1.54) is 0 Å². The standard InChI is InChI=1S/C13H15N3O2/c14-10-4-1-7-12(17)16-13-11(6-2-8-15-13)18-9-3-5-10/h2-3,5-6,8,14H,1,4,7,9H2,(H,15,16,17). The molecule has 2 N–H and O–H groups in total. The van der Waals surface area contributed by atoms with Crippen molar-refractivity contribution in [2.45, 2.75) is 19.3 Å². The van der Waals surface area contributed by atoms with Crippen molar-refractivity contribution in [1.29, 1.82) is 5.41 Å². The number of aromatic nitrogens is 1. The highest BCUT2D eigenvalue weighted by atomic mass is 16.5. The van der Waals surface area contributed by atoms with E-state index in [1.807, 2.05) is 0 Å². The number of fused-ring (bicyclic) bond motifs is 1. The summed E-state index contributed by atoms with van der Waals surface area (Å²) in [6, 6.07) is 3.51. The largest absolute Gasteiger partial charge is 0.486 e. The summed E-state index contributed by atoms with van der Waals surface area (Å²) in [5, 5.41) is 10.4. The summed E-state index contributed by atoms with van der Waals surface area (Å²) in [4.78, 5) is 15.8. The molecule has 0 aliphatic carbocycles. The van der Waals surface area contributed by atoms with Crippen molar-refractivity contribution in [1.82, 2.24) is 4.98 Å². The van der Waals surface area contributed by atoms with Gasteiger partial charge in [0.15, 0.2) is 11.6 Å². The van der Waals surface area contributed by atoms with Gasteiger partial charge in [-0.2, -0.15) is 0 Å². The molecule has 0 bridgehead atoms. The van der Waals surface area contributed by atoms with Crippen LogP contribution in [0, 0.1) is 5.41 Å². The molecule has 1 aliphatic rings. The van der Waals surface area contributed by atoms with Gasteiger partial charge in [0.25, 0.3) is 0 Å². The number of carbonyl (C=O) groups is 1. The third-order valence-electron chi connectivity index (χ3n) is 2.53. The number of nitrogens with one attached hydrogen (secondary N) is 2. The number of amides is 1. The van der Waals surface area contributed by atoms with E-state index < -0.39 is 0 Å². The molecular weight excluding hydrogens is 230 g/mol. The number of allylic oxidation sites excluding steroid dienone is 1. The molecule has 0 saturated carbocycles. The Labute approximate surface area is 105 Å². The smallest absolute Gasteiger partial charge is 0.225 e. The Balaban J connectivity index is 2.18. The molecule has 0 radical (unpaired) electrons. The lowest BCUT2D eigenvalue weighted by atomic mass is 10.1. The zero-order chi connectivity index (χ0) is 12.8. The summed E-state index contributed by atoms with van der Waals surface area (Å²) >= 11 is 0. The number of rotatable bonds is 0. The summed E-state index contributed by atoms with van der Waals surface area (Å²) < 4.78 is 5.50. The van der Waals surface area contributed by atoms with Crippen LogP contribution in [-0.4, -0.2) is 23.2 Å². The summed E-state index contributed by atoms with van der Waals surface area (Å²) in [6.07, 6.45) is 6.77. The molecule has 1 aromatic rings. The molecule has 1 amide bonds. The lowest BCUT2D eigenvalue weighted by molar-refractivity contribution is -0.116. The van der Waals surface area contributed by atoms with E-state index in [2.05, 4.69) is 10.3 Å². The first-order chi connectivity index (χ1) is 8.75. The molecule has 0 unspecified atom stereocenters. The summed E-state index contributed by atoms with van der Waals surface area (Å²) in [6.45, 7) is 0.358. The number of nitrogens with zero attached hydrogens (tertiary/aromatic N) is 1. The first-order valence-corrected chi connectivity index (χ1v) is 5.87. The van der Waals surface area contributed by atoms with E-state index in [-0.39, 0.29) is 5.91 Å². The fourth-order valence-corrected chi connectivity index (χ4v) is 1.65. The lowest BCUT2D eigenvalue weighted by Gasteiger charge is -2.11. The van der Waals surface area contributed by atoms with Gasteiger partial charge >= 0.3 is 0 Å². The van der Waals surface area contributed by atoms with Gasteiger partial charge in [-0.3, -0.25) is 4.79 Å². The van der Waals surface area contributed by atoms with Crippen molar-refractivity contribution in [3.05, 3.63) is 30.5 Å². The topological polar surface area (TPSA) is 75.1 Å². The average Bonchev–Trinajstić information content (AvgIpc) is 2.35. The van der Waals surface area contributed by atoms with Crippen LogP contribution in [0.4, 0.5) is 5.82 Å². The third-order valence-corrected chi connectivity index (χ3v) is 2.53. The van der Waals surface area contributed by atoms with Gasteiger partial charge in [0, 0.05) is 18.3 Å². The predicted molar refractivity (Wildman–Crippen MR) is 69.1 cm³/mol. The molecule has 2 rings (SSSR count). The lowest BCUT2D eigenvalue weighted by Crippen LogP contribution is -2.14. The van der Waals surface area contributed by atoms with Gasteiger partial charge in [0.1, 0.15) is 6.61 Å². The van der Waals surface area contributed by atoms with Crippen LogP contribution >= 0.6 is 0 Å². The SMILES string of the molecule is N=C1C=CCOc2cccnc2NC(=O)CCC1. The molecule has 0 spiro atoms. The van der Waals surface area contributed by atoms with E-state index in [4.69, 9.17) is 10.1 Å². The Morgan fingerprint density at radius 2 is 2.28 bits per heavy atom. The molecule has 2 heterocycles. The molecule has 0 saturated heterocycles. The second-order valence-corrected chi connectivity index (χ2v) is 3.99. The molecular formula is C13H15N3O2. The highest BCUT2D eigenvalue weighted by Crippen LogP contribution is 2.21. The van der Waals surface area contributed by atoms with Gasteiger partial charge < -0.3 is 15.5 Å². The fourth-order valence-electron chi connectivity index (χ4n) is 1.65. The van der Waals surface area contributed by atoms with E-state index in [0.29, 0.717) is 43.1 Å². The first kappa shape index (κ1) is 12.3. The molecule has 5 nitrogen and oxygen atoms in total. The molecule has 5 heteroatoms. The van der Waals surface area contributed by atoms with Crippen molar-refractivity contribution >= 4 is 17.4 Å². The van der Waals surface area contributed by atoms with Crippen LogP contribution in [0.25, 0.3) is 0 Å². The van der Waals surface area contributed by atoms with Crippen LogP contribution in [0.5, 0.6) is 5.75 Å². The Hall–Kier alpha value is -2.17. The van der Waals surface area contributed by atoms with Crippen LogP contribution in [0.1, 0.15) is 19.3 Å². The van der Waals surface area contributed by atoms with Crippen LogP contribution in [0.3, 0.4) is 0 Å². The van der Waals surface area contributed by atoms with Crippen molar-refractivity contribution < 1.29 is 9.53 Å². The van der Waals surface area contributed by atoms with E-state index in [0.717, 1.165) is 0 Å². The Kier molecular flexibility index (Phi) is 4.06. The van der Waals surface area contributed by atoms with E-state index in [1.54, 1.807) is 30.5 Å². The Morgan fingerprint density at radius 1 is 1.39 bits per heavy atom. The summed E-state index contributed by atoms with van der Waals surface area (Å²) in [5.74, 6) is 0.894. The highest BCUT2D eigenvalue weighted by Gasteiger charge is 2.09. The predicted octanol–water partition coefficient (Wildman–Crippen LogP) is 2.16. The number of anilines is 1. The number of ether oxygens (including phenoxy) is 1. The fraction of sp³-hybridized carbons (Fsp3) is 0.308. The maximum absolute atomic E-state index is 11.7. The van der Waals surface area contributed by atoms with Gasteiger partial charge in [-0.05, 0) is 37.1 Å². The minimum absolute atomic E-state index is 0.101. The second kappa shape index (κ2) is 5.95. The number of hydrogen-bond acceptors (Lipinski definition) is 4. The molecule has 0 aromatic carbocycles. The van der Waals surface area contributed by atoms with Crippen LogP contribution in [0.2, 0.25) is 0 Å². The minimum Gasteiger partial charge on any atom is -0.486 e. The first-order valence-electron chi connectivity index (χ1n) is 5.87. The zero-order valence-electron chi connectivity index (χ0n) is 9.98. The normalized spacial score (nSPS) is 16.9. The van der Waals surface area contributed by atoms with Gasteiger partial charge in [0.2, 0.25) is 5.91 Å². The van der Waals surface area contributed by atoms with Crippen molar-refractivity contribution in [3.8, 4) is 5.75 Å². The molecule has 1 aliphatic heterocycles. The monoisotopic (exact) mass is 245 g/mol. The highest BCUT2D eigenvalue weighted by molar-refractivity contribution is 5.94. The van der Waals surface area contributed by atoms with Crippen molar-refractivity contribution in [2.75, 3.05) is 11.9 Å². The molecule has 0 atom stereocenters. The number of carbonyl (C=O) groups excluding carboxylic acids is 1. The van der Waals surface area contributed by atoms with E-state index in [9.17, 15) is 4.79 Å². The maximum Gasteiger partial charge on any atom is 0.225 e. The van der Waals surface area contributed by atoms with Crippen LogP contribution < -0.4 is 10.1 Å². The van der Waals surface area contributed by atoms with E-state index >= 15 is 0 Å². The van der Waals surface area contributed by atoms with Gasteiger partial charge in [-0.25, -0.2) is 4.98 Å². The minimum atomic E-state index is -0.101. The van der Waals surface area contributed by atoms with Gasteiger partial charge in [-0.1, -0.05) is 0 Å². The summed E-state index contributed by atoms with van der Waals surface area (Å²) in [5.41, 5.74) is 0.512. The second-order valence-electron chi connectivity index (χ2n) is 3.99. The molecule has 94 valence electrons. The molecule has 1 aromatic heterocycles. The zero-order valence-corrected chi connectivity index (χ0v) is 9.98. The number of hydrogen-bond donors (Lipinski definition) is 2. The average molecular weight is 245 g/mol. The van der Waals surface area contributed by atoms with Crippen LogP contribution in [-0.2, 0) is 4.79 Å². The Morgan fingerprint density at radius 3 is 3.17 bits per heavy atom. The molecule has 18 heavy (non-hydrogen) atoms. The van der Waals surface area contributed by atoms with Gasteiger partial charge in [0.05, 0.1) is 0 Å². The molecule has 0 fully saturated rings. The van der Waals surface area contributed by atoms with Crippen molar-refractivity contribution in [2.24, 2.45) is 0 Å².